The Labute approximate surface area is 137 Å². The predicted octanol–water partition coefficient (Wildman–Crippen LogP) is 1.63. The van der Waals surface area contributed by atoms with Gasteiger partial charge in [0.1, 0.15) is 12.2 Å². The Balaban J connectivity index is 1.50. The number of guanidine groups is 1. The van der Waals surface area contributed by atoms with E-state index in [0.717, 1.165) is 18.3 Å². The second-order valence-electron chi connectivity index (χ2n) is 6.10. The zero-order valence-electron chi connectivity index (χ0n) is 14.0. The van der Waals surface area contributed by atoms with E-state index in [9.17, 15) is 0 Å². The van der Waals surface area contributed by atoms with Crippen molar-refractivity contribution in [3.63, 3.8) is 0 Å². The topological polar surface area (TPSA) is 58.3 Å². The highest BCUT2D eigenvalue weighted by Gasteiger charge is 2.37. The highest BCUT2D eigenvalue weighted by molar-refractivity contribution is 5.79. The van der Waals surface area contributed by atoms with Crippen LogP contribution < -0.4 is 5.32 Å². The summed E-state index contributed by atoms with van der Waals surface area (Å²) in [4.78, 5) is 10.7. The van der Waals surface area contributed by atoms with E-state index >= 15 is 0 Å². The van der Waals surface area contributed by atoms with Crippen LogP contribution >= 0.6 is 0 Å². The highest BCUT2D eigenvalue weighted by Crippen LogP contribution is 2.46. The lowest BCUT2D eigenvalue weighted by Crippen LogP contribution is -2.40. The third kappa shape index (κ3) is 3.70. The lowest BCUT2D eigenvalue weighted by Gasteiger charge is -2.21. The molecule has 1 aliphatic rings. The standard InChI is InChI=1S/C17H24N6/c1-18-17(22(2)11-16-20-12-21-23(16)3)19-10-14-9-15(14)13-7-5-4-6-8-13/h4-8,12,14-15H,9-11H2,1-3H3,(H,18,19). The molecule has 0 spiro atoms. The Kier molecular flexibility index (Phi) is 4.60. The molecule has 1 heterocycles. The number of aromatic nitrogens is 3. The molecule has 0 saturated heterocycles. The number of benzene rings is 1. The quantitative estimate of drug-likeness (QED) is 0.673. The lowest BCUT2D eigenvalue weighted by molar-refractivity contribution is 0.447. The lowest BCUT2D eigenvalue weighted by atomic mass is 10.1. The van der Waals surface area contributed by atoms with Gasteiger partial charge in [0.15, 0.2) is 5.96 Å². The van der Waals surface area contributed by atoms with E-state index in [0.29, 0.717) is 18.4 Å². The second-order valence-corrected chi connectivity index (χ2v) is 6.10. The smallest absolute Gasteiger partial charge is 0.193 e. The minimum absolute atomic E-state index is 0.683. The predicted molar refractivity (Wildman–Crippen MR) is 91.1 cm³/mol. The Bertz CT molecular complexity index is 663. The van der Waals surface area contributed by atoms with Crippen molar-refractivity contribution in [2.24, 2.45) is 18.0 Å². The Morgan fingerprint density at radius 3 is 2.83 bits per heavy atom. The third-order valence-electron chi connectivity index (χ3n) is 4.43. The molecule has 6 heteroatoms. The summed E-state index contributed by atoms with van der Waals surface area (Å²) < 4.78 is 1.79. The molecule has 2 atom stereocenters. The molecule has 1 aromatic carbocycles. The van der Waals surface area contributed by atoms with Gasteiger partial charge in [0, 0.05) is 27.7 Å². The van der Waals surface area contributed by atoms with E-state index in [4.69, 9.17) is 0 Å². The average molecular weight is 312 g/mol. The van der Waals surface area contributed by atoms with Crippen molar-refractivity contribution in [1.82, 2.24) is 25.0 Å². The van der Waals surface area contributed by atoms with Crippen molar-refractivity contribution in [1.29, 1.82) is 0 Å². The van der Waals surface area contributed by atoms with Crippen LogP contribution in [0.2, 0.25) is 0 Å². The first-order valence-electron chi connectivity index (χ1n) is 7.98. The fourth-order valence-corrected chi connectivity index (χ4v) is 2.94. The van der Waals surface area contributed by atoms with Crippen molar-refractivity contribution in [3.8, 4) is 0 Å². The summed E-state index contributed by atoms with van der Waals surface area (Å²) in [6, 6.07) is 10.7. The third-order valence-corrected chi connectivity index (χ3v) is 4.43. The minimum Gasteiger partial charge on any atom is -0.356 e. The minimum atomic E-state index is 0.683. The summed E-state index contributed by atoms with van der Waals surface area (Å²) in [5.74, 6) is 3.19. The number of hydrogen-bond donors (Lipinski definition) is 1. The number of rotatable bonds is 5. The van der Waals surface area contributed by atoms with Crippen molar-refractivity contribution >= 4 is 5.96 Å². The second kappa shape index (κ2) is 6.81. The highest BCUT2D eigenvalue weighted by atomic mass is 15.4. The maximum absolute atomic E-state index is 4.37. The van der Waals surface area contributed by atoms with Gasteiger partial charge in [-0.15, -0.1) is 0 Å². The van der Waals surface area contributed by atoms with E-state index < -0.39 is 0 Å². The number of nitrogens with zero attached hydrogens (tertiary/aromatic N) is 5. The Morgan fingerprint density at radius 2 is 2.17 bits per heavy atom. The molecule has 122 valence electrons. The molecule has 1 aliphatic carbocycles. The summed E-state index contributed by atoms with van der Waals surface area (Å²) in [6.45, 7) is 1.64. The van der Waals surface area contributed by atoms with Crippen molar-refractivity contribution in [2.75, 3.05) is 20.6 Å². The van der Waals surface area contributed by atoms with Crippen molar-refractivity contribution in [3.05, 3.63) is 48.0 Å². The monoisotopic (exact) mass is 312 g/mol. The summed E-state index contributed by atoms with van der Waals surface area (Å²) >= 11 is 0. The van der Waals surface area contributed by atoms with Crippen LogP contribution in [-0.4, -0.2) is 46.3 Å². The largest absolute Gasteiger partial charge is 0.356 e. The van der Waals surface area contributed by atoms with Gasteiger partial charge in [0.2, 0.25) is 0 Å². The number of aryl methyl sites for hydroxylation is 1. The van der Waals surface area contributed by atoms with E-state index in [1.165, 1.54) is 12.0 Å². The van der Waals surface area contributed by atoms with Crippen LogP contribution in [0.1, 0.15) is 23.7 Å². The average Bonchev–Trinajstić information content (AvgIpc) is 3.24. The van der Waals surface area contributed by atoms with Crippen LogP contribution in [0.25, 0.3) is 0 Å². The van der Waals surface area contributed by atoms with Gasteiger partial charge in [0.25, 0.3) is 0 Å². The first-order chi connectivity index (χ1) is 11.2. The van der Waals surface area contributed by atoms with E-state index in [2.05, 4.69) is 55.6 Å². The zero-order chi connectivity index (χ0) is 16.2. The first kappa shape index (κ1) is 15.5. The molecule has 1 saturated carbocycles. The summed E-state index contributed by atoms with van der Waals surface area (Å²) in [7, 11) is 5.74. The van der Waals surface area contributed by atoms with Crippen LogP contribution in [-0.2, 0) is 13.6 Å². The van der Waals surface area contributed by atoms with Gasteiger partial charge in [0.05, 0.1) is 6.54 Å². The molecule has 1 fully saturated rings. The molecule has 3 rings (SSSR count). The molecule has 23 heavy (non-hydrogen) atoms. The van der Waals surface area contributed by atoms with E-state index in [1.54, 1.807) is 11.0 Å². The number of nitrogens with one attached hydrogen (secondary N) is 1. The normalized spacial score (nSPS) is 20.4. The van der Waals surface area contributed by atoms with Gasteiger partial charge in [-0.3, -0.25) is 9.67 Å². The van der Waals surface area contributed by atoms with Gasteiger partial charge < -0.3 is 10.2 Å². The summed E-state index contributed by atoms with van der Waals surface area (Å²) in [6.07, 6.45) is 2.83. The van der Waals surface area contributed by atoms with Gasteiger partial charge in [-0.1, -0.05) is 30.3 Å². The Hall–Kier alpha value is -2.37. The molecule has 6 nitrogen and oxygen atoms in total. The van der Waals surface area contributed by atoms with Gasteiger partial charge in [-0.25, -0.2) is 4.98 Å². The fourth-order valence-electron chi connectivity index (χ4n) is 2.94. The zero-order valence-corrected chi connectivity index (χ0v) is 14.0. The molecular formula is C17H24N6. The van der Waals surface area contributed by atoms with Gasteiger partial charge in [-0.05, 0) is 23.8 Å². The number of hydrogen-bond acceptors (Lipinski definition) is 3. The maximum atomic E-state index is 4.37. The van der Waals surface area contributed by atoms with Gasteiger partial charge in [-0.2, -0.15) is 5.10 Å². The summed E-state index contributed by atoms with van der Waals surface area (Å²) in [5, 5.41) is 7.58. The van der Waals surface area contributed by atoms with Crippen LogP contribution in [0.3, 0.4) is 0 Å². The maximum Gasteiger partial charge on any atom is 0.193 e. The molecule has 0 radical (unpaired) electrons. The van der Waals surface area contributed by atoms with Crippen LogP contribution in [0, 0.1) is 5.92 Å². The molecule has 0 aliphatic heterocycles. The van der Waals surface area contributed by atoms with Crippen molar-refractivity contribution < 1.29 is 0 Å². The summed E-state index contributed by atoms with van der Waals surface area (Å²) in [5.41, 5.74) is 1.45. The van der Waals surface area contributed by atoms with E-state index in [-0.39, 0.29) is 0 Å². The molecule has 2 aromatic rings. The molecular weight excluding hydrogens is 288 g/mol. The first-order valence-corrected chi connectivity index (χ1v) is 7.98. The van der Waals surface area contributed by atoms with Crippen LogP contribution in [0.15, 0.2) is 41.7 Å². The molecule has 1 N–H and O–H groups in total. The molecule has 0 bridgehead atoms. The molecule has 1 aromatic heterocycles. The number of aliphatic imine (C=N–C) groups is 1. The van der Waals surface area contributed by atoms with Gasteiger partial charge >= 0.3 is 0 Å². The van der Waals surface area contributed by atoms with E-state index in [1.807, 2.05) is 21.1 Å². The SMILES string of the molecule is CN=C(NCC1CC1c1ccccc1)N(C)Cc1ncnn1C. The van der Waals surface area contributed by atoms with Crippen LogP contribution in [0.4, 0.5) is 0 Å². The molecule has 0 amide bonds. The molecule has 2 unspecified atom stereocenters. The Morgan fingerprint density at radius 1 is 1.39 bits per heavy atom. The van der Waals surface area contributed by atoms with Crippen molar-refractivity contribution in [2.45, 2.75) is 18.9 Å². The van der Waals surface area contributed by atoms with Crippen LogP contribution in [0.5, 0.6) is 0 Å². The fraction of sp³-hybridized carbons (Fsp3) is 0.471.